The molecule has 2 aromatic heterocycles. The van der Waals surface area contributed by atoms with Crippen LogP contribution in [0.15, 0.2) is 69.2 Å². The molecule has 0 saturated heterocycles. The summed E-state index contributed by atoms with van der Waals surface area (Å²) in [5.74, 6) is -0.781. The van der Waals surface area contributed by atoms with E-state index >= 15 is 0 Å². The number of carbonyl (C=O) groups is 2. The molecular formula is C23H19ClN4O5S. The number of fused-ring (bicyclic) bond motifs is 1. The van der Waals surface area contributed by atoms with E-state index in [1.165, 1.54) is 24.0 Å². The summed E-state index contributed by atoms with van der Waals surface area (Å²) in [4.78, 5) is 42.4. The summed E-state index contributed by atoms with van der Waals surface area (Å²) < 4.78 is 11.8. The summed E-state index contributed by atoms with van der Waals surface area (Å²) in [5, 5.41) is 1.18. The van der Waals surface area contributed by atoms with Crippen LogP contribution >= 0.6 is 23.4 Å². The molecule has 2 amide bonds. The summed E-state index contributed by atoms with van der Waals surface area (Å²) in [7, 11) is 1.48. The molecule has 0 fully saturated rings. The fourth-order valence-corrected chi connectivity index (χ4v) is 4.13. The Hall–Kier alpha value is -3.76. The van der Waals surface area contributed by atoms with Gasteiger partial charge in [-0.15, -0.1) is 0 Å². The van der Waals surface area contributed by atoms with Crippen LogP contribution in [0.2, 0.25) is 5.02 Å². The molecule has 0 radical (unpaired) electrons. The predicted molar refractivity (Wildman–Crippen MR) is 129 cm³/mol. The van der Waals surface area contributed by atoms with Crippen molar-refractivity contribution < 1.29 is 18.7 Å². The maximum atomic E-state index is 13.5. The van der Waals surface area contributed by atoms with Gasteiger partial charge < -0.3 is 9.15 Å². The molecule has 34 heavy (non-hydrogen) atoms. The number of amides is 2. The van der Waals surface area contributed by atoms with Gasteiger partial charge in [0.2, 0.25) is 5.91 Å². The van der Waals surface area contributed by atoms with Gasteiger partial charge in [-0.05, 0) is 42.8 Å². The van der Waals surface area contributed by atoms with Crippen molar-refractivity contribution >= 4 is 46.1 Å². The molecule has 0 aliphatic heterocycles. The van der Waals surface area contributed by atoms with Gasteiger partial charge >= 0.3 is 5.91 Å². The van der Waals surface area contributed by atoms with Crippen molar-refractivity contribution in [3.05, 3.63) is 81.5 Å². The fourth-order valence-electron chi connectivity index (χ4n) is 3.17. The van der Waals surface area contributed by atoms with E-state index in [0.29, 0.717) is 27.4 Å². The molecular weight excluding hydrogens is 480 g/mol. The highest BCUT2D eigenvalue weighted by Crippen LogP contribution is 2.31. The molecule has 11 heteroatoms. The molecule has 0 bridgehead atoms. The van der Waals surface area contributed by atoms with Crippen LogP contribution < -0.4 is 21.1 Å². The molecule has 2 aromatic carbocycles. The highest BCUT2D eigenvalue weighted by molar-refractivity contribution is 7.99. The Labute approximate surface area is 203 Å². The molecule has 4 rings (SSSR count). The van der Waals surface area contributed by atoms with Crippen LogP contribution in [-0.2, 0) is 4.79 Å². The van der Waals surface area contributed by atoms with Gasteiger partial charge in [-0.3, -0.25) is 29.8 Å². The second-order valence-electron chi connectivity index (χ2n) is 7.09. The molecule has 2 N–H and O–H groups in total. The Morgan fingerprint density at radius 1 is 1.18 bits per heavy atom. The first kappa shape index (κ1) is 23.4. The number of para-hydroxylation sites is 1. The van der Waals surface area contributed by atoms with Crippen molar-refractivity contribution in [3.8, 4) is 11.4 Å². The maximum Gasteiger partial charge on any atom is 0.305 e. The van der Waals surface area contributed by atoms with Crippen LogP contribution in [0.1, 0.15) is 16.1 Å². The fraction of sp³-hybridized carbons (Fsp3) is 0.130. The molecule has 0 unspecified atom stereocenters. The summed E-state index contributed by atoms with van der Waals surface area (Å²) in [5.41, 5.74) is 5.94. The summed E-state index contributed by atoms with van der Waals surface area (Å²) in [6.07, 6.45) is 1.35. The van der Waals surface area contributed by atoms with Crippen LogP contribution in [0.25, 0.3) is 16.6 Å². The lowest BCUT2D eigenvalue weighted by molar-refractivity contribution is -0.119. The molecule has 0 aliphatic rings. The number of ether oxygens (including phenoxy) is 1. The number of nitrogens with one attached hydrogen (secondary N) is 2. The Morgan fingerprint density at radius 3 is 2.71 bits per heavy atom. The van der Waals surface area contributed by atoms with Crippen LogP contribution in [0.4, 0.5) is 0 Å². The smallest absolute Gasteiger partial charge is 0.305 e. The number of carbonyl (C=O) groups excluding carboxylic acids is 2. The van der Waals surface area contributed by atoms with Crippen LogP contribution in [-0.4, -0.2) is 34.2 Å². The molecule has 0 spiro atoms. The number of halogens is 1. The number of hydrogen-bond acceptors (Lipinski definition) is 7. The molecule has 0 atom stereocenters. The third-order valence-electron chi connectivity index (χ3n) is 4.84. The molecule has 9 nitrogen and oxygen atoms in total. The molecule has 0 saturated carbocycles. The van der Waals surface area contributed by atoms with Crippen LogP contribution in [0.3, 0.4) is 0 Å². The molecule has 2 heterocycles. The Bertz CT molecular complexity index is 1440. The largest absolute Gasteiger partial charge is 0.495 e. The molecule has 4 aromatic rings. The molecule has 0 aliphatic carbocycles. The third-order valence-corrected chi connectivity index (χ3v) is 6.18. The van der Waals surface area contributed by atoms with Gasteiger partial charge in [0.05, 0.1) is 35.7 Å². The normalized spacial score (nSPS) is 10.8. The zero-order valence-electron chi connectivity index (χ0n) is 18.1. The minimum Gasteiger partial charge on any atom is -0.495 e. The number of hydrogen-bond donors (Lipinski definition) is 2. The first-order valence-electron chi connectivity index (χ1n) is 10.0. The Kier molecular flexibility index (Phi) is 6.90. The lowest BCUT2D eigenvalue weighted by Crippen LogP contribution is -2.42. The number of rotatable bonds is 6. The van der Waals surface area contributed by atoms with E-state index in [9.17, 15) is 14.4 Å². The van der Waals surface area contributed by atoms with E-state index in [1.807, 2.05) is 6.92 Å². The number of hydrazine groups is 1. The van der Waals surface area contributed by atoms with Gasteiger partial charge in [0.15, 0.2) is 10.9 Å². The number of benzene rings is 2. The summed E-state index contributed by atoms with van der Waals surface area (Å²) in [6, 6.07) is 13.3. The second kappa shape index (κ2) is 10.0. The summed E-state index contributed by atoms with van der Waals surface area (Å²) >= 11 is 7.28. The van der Waals surface area contributed by atoms with E-state index in [4.69, 9.17) is 20.8 Å². The summed E-state index contributed by atoms with van der Waals surface area (Å²) in [6.45, 7) is 1.81. The van der Waals surface area contributed by atoms with E-state index in [0.717, 1.165) is 17.3 Å². The zero-order chi connectivity index (χ0) is 24.2. The number of furan rings is 1. The van der Waals surface area contributed by atoms with Crippen molar-refractivity contribution in [1.29, 1.82) is 0 Å². The van der Waals surface area contributed by atoms with E-state index < -0.39 is 11.8 Å². The Morgan fingerprint density at radius 2 is 1.97 bits per heavy atom. The van der Waals surface area contributed by atoms with Gasteiger partial charge in [-0.25, -0.2) is 4.98 Å². The van der Waals surface area contributed by atoms with Crippen molar-refractivity contribution in [2.24, 2.45) is 0 Å². The highest BCUT2D eigenvalue weighted by atomic mass is 35.5. The second-order valence-corrected chi connectivity index (χ2v) is 8.44. The SMILES string of the molecule is COc1cc(Cl)c(C)cc1-n1c(SCC(=O)NNC(=O)c2ccco2)nc2ccccc2c1=O. The average Bonchev–Trinajstić information content (AvgIpc) is 3.38. The zero-order valence-corrected chi connectivity index (χ0v) is 19.7. The maximum absolute atomic E-state index is 13.5. The predicted octanol–water partition coefficient (Wildman–Crippen LogP) is 3.50. The van der Waals surface area contributed by atoms with Crippen molar-refractivity contribution in [2.75, 3.05) is 12.9 Å². The first-order chi connectivity index (χ1) is 16.4. The van der Waals surface area contributed by atoms with Crippen molar-refractivity contribution in [2.45, 2.75) is 12.1 Å². The topological polar surface area (TPSA) is 115 Å². The highest BCUT2D eigenvalue weighted by Gasteiger charge is 2.19. The third kappa shape index (κ3) is 4.78. The van der Waals surface area contributed by atoms with Gasteiger partial charge in [0.25, 0.3) is 5.56 Å². The average molecular weight is 499 g/mol. The van der Waals surface area contributed by atoms with E-state index in [2.05, 4.69) is 15.8 Å². The standard InChI is InChI=1S/C23H19ClN4O5S/c1-13-10-17(19(32-2)11-15(13)24)28-22(31)14-6-3-4-7-16(14)25-23(28)34-12-20(29)26-27-21(30)18-8-5-9-33-18/h3-11H,12H2,1-2H3,(H,26,29)(H,27,30). The van der Waals surface area contributed by atoms with Gasteiger partial charge in [-0.1, -0.05) is 35.5 Å². The van der Waals surface area contributed by atoms with Crippen molar-refractivity contribution in [3.63, 3.8) is 0 Å². The monoisotopic (exact) mass is 498 g/mol. The van der Waals surface area contributed by atoms with Gasteiger partial charge in [0, 0.05) is 11.1 Å². The lowest BCUT2D eigenvalue weighted by atomic mass is 10.2. The van der Waals surface area contributed by atoms with Crippen molar-refractivity contribution in [1.82, 2.24) is 20.4 Å². The number of aryl methyl sites for hydroxylation is 1. The number of aromatic nitrogens is 2. The minimum absolute atomic E-state index is 0.0585. The lowest BCUT2D eigenvalue weighted by Gasteiger charge is -2.17. The Balaban J connectivity index is 1.66. The number of methoxy groups -OCH3 is 1. The van der Waals surface area contributed by atoms with Crippen LogP contribution in [0, 0.1) is 6.92 Å². The van der Waals surface area contributed by atoms with Gasteiger partial charge in [-0.2, -0.15) is 0 Å². The van der Waals surface area contributed by atoms with E-state index in [1.54, 1.807) is 42.5 Å². The first-order valence-corrected chi connectivity index (χ1v) is 11.4. The molecule has 174 valence electrons. The quantitative estimate of drug-likeness (QED) is 0.237. The minimum atomic E-state index is -0.592. The van der Waals surface area contributed by atoms with Crippen LogP contribution in [0.5, 0.6) is 5.75 Å². The van der Waals surface area contributed by atoms with Gasteiger partial charge in [0.1, 0.15) is 5.75 Å². The number of thioether (sulfide) groups is 1. The number of nitrogens with zero attached hydrogens (tertiary/aromatic N) is 2. The van der Waals surface area contributed by atoms with E-state index in [-0.39, 0.29) is 22.2 Å².